The van der Waals surface area contributed by atoms with Crippen LogP contribution in [-0.2, 0) is 6.42 Å². The van der Waals surface area contributed by atoms with E-state index in [1.54, 1.807) is 0 Å². The molecular weight excluding hydrogens is 258 g/mol. The molecule has 0 aliphatic rings. The van der Waals surface area contributed by atoms with Crippen molar-refractivity contribution in [2.45, 2.75) is 26.3 Å². The van der Waals surface area contributed by atoms with Crippen molar-refractivity contribution in [3.63, 3.8) is 0 Å². The van der Waals surface area contributed by atoms with Gasteiger partial charge in [0.25, 0.3) is 0 Å². The fourth-order valence-electron chi connectivity index (χ4n) is 2.08. The number of aryl methyl sites for hydroxylation is 2. The number of halogens is 1. The Kier molecular flexibility index (Phi) is 4.53. The summed E-state index contributed by atoms with van der Waals surface area (Å²) in [5.74, 6) is 5.66. The molecule has 0 amide bonds. The number of pyridine rings is 1. The maximum atomic E-state index is 6.27. The van der Waals surface area contributed by atoms with Gasteiger partial charge in [-0.1, -0.05) is 29.8 Å². The summed E-state index contributed by atoms with van der Waals surface area (Å²) >= 11 is 6.27. The predicted molar refractivity (Wildman–Crippen MR) is 78.9 cm³/mol. The van der Waals surface area contributed by atoms with Gasteiger partial charge in [0.15, 0.2) is 0 Å². The topological polar surface area (TPSA) is 50.9 Å². The highest BCUT2D eigenvalue weighted by Crippen LogP contribution is 2.24. The molecule has 0 aliphatic heterocycles. The molecule has 3 N–H and O–H groups in total. The van der Waals surface area contributed by atoms with Crippen molar-refractivity contribution in [2.75, 3.05) is 0 Å². The lowest BCUT2D eigenvalue weighted by atomic mass is 9.99. The number of nitrogens with one attached hydrogen (secondary N) is 1. The molecule has 1 heterocycles. The van der Waals surface area contributed by atoms with Gasteiger partial charge >= 0.3 is 0 Å². The Morgan fingerprint density at radius 1 is 1.21 bits per heavy atom. The van der Waals surface area contributed by atoms with Crippen LogP contribution in [0.4, 0.5) is 0 Å². The van der Waals surface area contributed by atoms with E-state index in [0.29, 0.717) is 0 Å². The van der Waals surface area contributed by atoms with E-state index in [9.17, 15) is 0 Å². The van der Waals surface area contributed by atoms with E-state index in [4.69, 9.17) is 17.4 Å². The third kappa shape index (κ3) is 3.53. The molecule has 100 valence electrons. The van der Waals surface area contributed by atoms with Crippen molar-refractivity contribution in [1.29, 1.82) is 0 Å². The first-order chi connectivity index (χ1) is 9.10. The molecule has 1 aromatic heterocycles. The van der Waals surface area contributed by atoms with Crippen LogP contribution < -0.4 is 11.3 Å². The number of hydrogen-bond acceptors (Lipinski definition) is 3. The largest absolute Gasteiger partial charge is 0.271 e. The van der Waals surface area contributed by atoms with Gasteiger partial charge in [-0.3, -0.25) is 16.3 Å². The van der Waals surface area contributed by atoms with E-state index in [1.165, 1.54) is 0 Å². The number of aromatic nitrogens is 1. The number of nitrogens with zero attached hydrogens (tertiary/aromatic N) is 1. The molecule has 0 saturated carbocycles. The molecule has 1 aromatic carbocycles. The van der Waals surface area contributed by atoms with Crippen molar-refractivity contribution < 1.29 is 0 Å². The minimum Gasteiger partial charge on any atom is -0.271 e. The smallest absolute Gasteiger partial charge is 0.0516 e. The lowest BCUT2D eigenvalue weighted by Gasteiger charge is -2.17. The highest BCUT2D eigenvalue weighted by Gasteiger charge is 2.13. The minimum absolute atomic E-state index is 0.00704. The van der Waals surface area contributed by atoms with Crippen LogP contribution in [0, 0.1) is 13.8 Å². The number of rotatable bonds is 4. The van der Waals surface area contributed by atoms with Crippen molar-refractivity contribution in [2.24, 2.45) is 5.84 Å². The Balaban J connectivity index is 2.24. The van der Waals surface area contributed by atoms with Crippen LogP contribution in [0.5, 0.6) is 0 Å². The summed E-state index contributed by atoms with van der Waals surface area (Å²) in [4.78, 5) is 4.20. The average molecular weight is 276 g/mol. The average Bonchev–Trinajstić information content (AvgIpc) is 2.38. The third-order valence-corrected chi connectivity index (χ3v) is 3.48. The van der Waals surface area contributed by atoms with Gasteiger partial charge in [0.1, 0.15) is 0 Å². The first-order valence-electron chi connectivity index (χ1n) is 6.23. The van der Waals surface area contributed by atoms with Crippen LogP contribution in [0.15, 0.2) is 36.7 Å². The molecule has 0 radical (unpaired) electrons. The summed E-state index contributed by atoms with van der Waals surface area (Å²) in [6, 6.07) is 8.17. The molecule has 0 fully saturated rings. The Morgan fingerprint density at radius 2 is 2.00 bits per heavy atom. The zero-order valence-corrected chi connectivity index (χ0v) is 11.9. The van der Waals surface area contributed by atoms with E-state index in [-0.39, 0.29) is 6.04 Å². The molecular formula is C15H18ClN3. The standard InChI is InChI=1S/C15H18ClN3/c1-10-3-4-12(14(16)6-10)7-15(19-17)13-5-11(2)8-18-9-13/h3-6,8-9,15,19H,7,17H2,1-2H3. The second-order valence-corrected chi connectivity index (χ2v) is 5.22. The Bertz CT molecular complexity index is 569. The van der Waals surface area contributed by atoms with E-state index < -0.39 is 0 Å². The molecule has 0 spiro atoms. The summed E-state index contributed by atoms with van der Waals surface area (Å²) in [6.07, 6.45) is 4.40. The first kappa shape index (κ1) is 14.0. The number of benzene rings is 1. The monoisotopic (exact) mass is 275 g/mol. The molecule has 3 nitrogen and oxygen atoms in total. The number of hydrogen-bond donors (Lipinski definition) is 2. The second kappa shape index (κ2) is 6.15. The van der Waals surface area contributed by atoms with E-state index >= 15 is 0 Å². The van der Waals surface area contributed by atoms with Crippen LogP contribution in [-0.4, -0.2) is 4.98 Å². The van der Waals surface area contributed by atoms with Gasteiger partial charge in [0.2, 0.25) is 0 Å². The van der Waals surface area contributed by atoms with Crippen LogP contribution in [0.3, 0.4) is 0 Å². The molecule has 2 aromatic rings. The molecule has 4 heteroatoms. The van der Waals surface area contributed by atoms with E-state index in [2.05, 4.69) is 22.5 Å². The molecule has 2 rings (SSSR count). The maximum absolute atomic E-state index is 6.27. The SMILES string of the molecule is Cc1cncc(C(Cc2ccc(C)cc2Cl)NN)c1. The maximum Gasteiger partial charge on any atom is 0.0516 e. The van der Waals surface area contributed by atoms with Gasteiger partial charge in [-0.05, 0) is 48.6 Å². The van der Waals surface area contributed by atoms with E-state index in [0.717, 1.165) is 33.7 Å². The predicted octanol–water partition coefficient (Wildman–Crippen LogP) is 3.10. The summed E-state index contributed by atoms with van der Waals surface area (Å²) in [5, 5.41) is 0.779. The second-order valence-electron chi connectivity index (χ2n) is 4.81. The van der Waals surface area contributed by atoms with Crippen LogP contribution in [0.25, 0.3) is 0 Å². The van der Waals surface area contributed by atoms with Gasteiger partial charge < -0.3 is 0 Å². The number of nitrogens with two attached hydrogens (primary N) is 1. The lowest BCUT2D eigenvalue weighted by molar-refractivity contribution is 0.550. The van der Waals surface area contributed by atoms with E-state index in [1.807, 2.05) is 38.4 Å². The van der Waals surface area contributed by atoms with Crippen molar-refractivity contribution >= 4 is 11.6 Å². The zero-order valence-electron chi connectivity index (χ0n) is 11.2. The Labute approximate surface area is 118 Å². The van der Waals surface area contributed by atoms with Crippen molar-refractivity contribution in [1.82, 2.24) is 10.4 Å². The molecule has 1 unspecified atom stereocenters. The Morgan fingerprint density at radius 3 is 2.63 bits per heavy atom. The molecule has 0 aliphatic carbocycles. The summed E-state index contributed by atoms with van der Waals surface area (Å²) < 4.78 is 0. The van der Waals surface area contributed by atoms with Gasteiger partial charge in [-0.2, -0.15) is 0 Å². The quantitative estimate of drug-likeness (QED) is 0.666. The molecule has 0 bridgehead atoms. The number of hydrazine groups is 1. The van der Waals surface area contributed by atoms with Gasteiger partial charge in [0.05, 0.1) is 6.04 Å². The van der Waals surface area contributed by atoms with Crippen molar-refractivity contribution in [3.8, 4) is 0 Å². The summed E-state index contributed by atoms with van der Waals surface area (Å²) in [5.41, 5.74) is 7.26. The van der Waals surface area contributed by atoms with Crippen LogP contribution >= 0.6 is 11.6 Å². The summed E-state index contributed by atoms with van der Waals surface area (Å²) in [6.45, 7) is 4.04. The summed E-state index contributed by atoms with van der Waals surface area (Å²) in [7, 11) is 0. The molecule has 0 saturated heterocycles. The highest BCUT2D eigenvalue weighted by molar-refractivity contribution is 6.31. The Hall–Kier alpha value is -1.42. The molecule has 19 heavy (non-hydrogen) atoms. The van der Waals surface area contributed by atoms with Gasteiger partial charge in [-0.15, -0.1) is 0 Å². The first-order valence-corrected chi connectivity index (χ1v) is 6.60. The minimum atomic E-state index is 0.00704. The zero-order chi connectivity index (χ0) is 13.8. The lowest BCUT2D eigenvalue weighted by Crippen LogP contribution is -2.29. The van der Waals surface area contributed by atoms with Gasteiger partial charge in [-0.25, -0.2) is 0 Å². The highest BCUT2D eigenvalue weighted by atomic mass is 35.5. The normalized spacial score (nSPS) is 12.4. The van der Waals surface area contributed by atoms with Crippen LogP contribution in [0.1, 0.15) is 28.3 Å². The fraction of sp³-hybridized carbons (Fsp3) is 0.267. The third-order valence-electron chi connectivity index (χ3n) is 3.13. The van der Waals surface area contributed by atoms with Crippen molar-refractivity contribution in [3.05, 3.63) is 63.9 Å². The van der Waals surface area contributed by atoms with Gasteiger partial charge in [0, 0.05) is 17.4 Å². The van der Waals surface area contributed by atoms with Crippen LogP contribution in [0.2, 0.25) is 5.02 Å². The molecule has 1 atom stereocenters. The fourth-order valence-corrected chi connectivity index (χ4v) is 2.39.